The lowest BCUT2D eigenvalue weighted by molar-refractivity contribution is 0.675. The van der Waals surface area contributed by atoms with Crippen molar-refractivity contribution in [3.8, 4) is 5.69 Å². The molecule has 1 aromatic carbocycles. The Morgan fingerprint density at radius 2 is 1.91 bits per heavy atom. The maximum Gasteiger partial charge on any atom is 0.0462 e. The minimum Gasteiger partial charge on any atom is -0.361 e. The normalized spacial score (nSPS) is 12.7. The third kappa shape index (κ3) is 2.47. The minimum atomic E-state index is 0.317. The summed E-state index contributed by atoms with van der Waals surface area (Å²) in [5.74, 6) is 0.317. The van der Waals surface area contributed by atoms with Gasteiger partial charge in [-0.3, -0.25) is 0 Å². The molecular formula is C19H23N3. The molecule has 1 atom stereocenters. The third-order valence-corrected chi connectivity index (χ3v) is 4.52. The quantitative estimate of drug-likeness (QED) is 0.635. The molecule has 0 amide bonds. The molecule has 0 saturated heterocycles. The van der Waals surface area contributed by atoms with Gasteiger partial charge in [0.15, 0.2) is 0 Å². The van der Waals surface area contributed by atoms with Gasteiger partial charge in [0.25, 0.3) is 0 Å². The zero-order chi connectivity index (χ0) is 15.7. The molecule has 0 aliphatic rings. The first kappa shape index (κ1) is 14.6. The van der Waals surface area contributed by atoms with Crippen LogP contribution in [0.15, 0.2) is 36.5 Å². The van der Waals surface area contributed by atoms with E-state index in [-0.39, 0.29) is 0 Å². The van der Waals surface area contributed by atoms with Gasteiger partial charge >= 0.3 is 0 Å². The predicted molar refractivity (Wildman–Crippen MR) is 93.4 cm³/mol. The summed E-state index contributed by atoms with van der Waals surface area (Å²) in [5.41, 5.74) is 6.17. The third-order valence-electron chi connectivity index (χ3n) is 4.52. The molecule has 22 heavy (non-hydrogen) atoms. The van der Waals surface area contributed by atoms with Gasteiger partial charge in [0, 0.05) is 34.2 Å². The number of nitrogens with one attached hydrogen (secondary N) is 2. The molecule has 0 aliphatic heterocycles. The summed E-state index contributed by atoms with van der Waals surface area (Å²) in [6, 6.07) is 10.9. The Morgan fingerprint density at radius 1 is 1.18 bits per heavy atom. The van der Waals surface area contributed by atoms with Crippen LogP contribution < -0.4 is 0 Å². The Morgan fingerprint density at radius 3 is 2.55 bits per heavy atom. The molecule has 0 saturated carbocycles. The second-order valence-corrected chi connectivity index (χ2v) is 6.03. The molecule has 0 bridgehead atoms. The average Bonchev–Trinajstić information content (AvgIpc) is 3.07. The Balaban J connectivity index is 2.07. The highest BCUT2D eigenvalue weighted by atomic mass is 15.0. The van der Waals surface area contributed by atoms with E-state index in [1.54, 1.807) is 6.21 Å². The summed E-state index contributed by atoms with van der Waals surface area (Å²) in [6.45, 7) is 6.41. The average molecular weight is 293 g/mol. The van der Waals surface area contributed by atoms with Gasteiger partial charge in [0.05, 0.1) is 0 Å². The van der Waals surface area contributed by atoms with Gasteiger partial charge in [0.2, 0.25) is 0 Å². The highest BCUT2D eigenvalue weighted by molar-refractivity contribution is 5.85. The summed E-state index contributed by atoms with van der Waals surface area (Å²) < 4.78 is 2.28. The van der Waals surface area contributed by atoms with E-state index in [9.17, 15) is 0 Å². The summed E-state index contributed by atoms with van der Waals surface area (Å²) in [6.07, 6.45) is 5.59. The Hall–Kier alpha value is -2.29. The van der Waals surface area contributed by atoms with Crippen LogP contribution in [0.2, 0.25) is 0 Å². The zero-order valence-electron chi connectivity index (χ0n) is 13.5. The van der Waals surface area contributed by atoms with Crippen molar-refractivity contribution in [3.05, 3.63) is 53.5 Å². The van der Waals surface area contributed by atoms with E-state index >= 15 is 0 Å². The number of H-pyrrole nitrogens is 1. The molecule has 0 fully saturated rings. The summed E-state index contributed by atoms with van der Waals surface area (Å²) in [4.78, 5) is 3.36. The van der Waals surface area contributed by atoms with E-state index in [2.05, 4.69) is 66.9 Å². The van der Waals surface area contributed by atoms with Crippen LogP contribution in [0.4, 0.5) is 0 Å². The van der Waals surface area contributed by atoms with Crippen molar-refractivity contribution in [1.29, 1.82) is 5.41 Å². The molecule has 3 aromatic rings. The number of nitrogens with zero attached hydrogens (tertiary/aromatic N) is 1. The van der Waals surface area contributed by atoms with Crippen molar-refractivity contribution in [3.63, 3.8) is 0 Å². The second-order valence-electron chi connectivity index (χ2n) is 6.03. The van der Waals surface area contributed by atoms with Crippen molar-refractivity contribution in [1.82, 2.24) is 9.55 Å². The van der Waals surface area contributed by atoms with Crippen molar-refractivity contribution in [2.45, 2.75) is 33.6 Å². The second kappa shape index (κ2) is 5.84. The Kier molecular flexibility index (Phi) is 3.88. The largest absolute Gasteiger partial charge is 0.361 e. The Labute approximate surface area is 131 Å². The Bertz CT molecular complexity index is 788. The molecule has 0 aliphatic carbocycles. The van der Waals surface area contributed by atoms with Crippen molar-refractivity contribution >= 4 is 17.1 Å². The lowest BCUT2D eigenvalue weighted by Gasteiger charge is -2.11. The molecule has 0 unspecified atom stereocenters. The molecular weight excluding hydrogens is 270 g/mol. The summed E-state index contributed by atoms with van der Waals surface area (Å²) in [7, 11) is 0. The van der Waals surface area contributed by atoms with Crippen LogP contribution in [0.3, 0.4) is 0 Å². The summed E-state index contributed by atoms with van der Waals surface area (Å²) in [5, 5.41) is 8.81. The van der Waals surface area contributed by atoms with Crippen molar-refractivity contribution < 1.29 is 0 Å². The van der Waals surface area contributed by atoms with E-state index in [0.717, 1.165) is 12.8 Å². The van der Waals surface area contributed by atoms with Gasteiger partial charge in [-0.25, -0.2) is 0 Å². The first-order valence-corrected chi connectivity index (χ1v) is 7.90. The number of hydrogen-bond acceptors (Lipinski definition) is 1. The van der Waals surface area contributed by atoms with E-state index in [4.69, 9.17) is 5.41 Å². The maximum absolute atomic E-state index is 7.54. The number of aromatic nitrogens is 2. The number of aryl methyl sites for hydroxylation is 2. The highest BCUT2D eigenvalue weighted by Crippen LogP contribution is 2.26. The van der Waals surface area contributed by atoms with Gasteiger partial charge in [0.1, 0.15) is 0 Å². The standard InChI is InChI=1S/C19H23N3/c1-4-15(11-20)9-16-12-21-19-8-7-17(10-18(16)19)22-13(2)5-6-14(22)3/h5-8,10-12,15,20-21H,4,9H2,1-3H3/t15-/m1/s1. The molecule has 2 heterocycles. The van der Waals surface area contributed by atoms with E-state index in [0.29, 0.717) is 5.92 Å². The predicted octanol–water partition coefficient (Wildman–Crippen LogP) is 4.79. The topological polar surface area (TPSA) is 44.6 Å². The maximum atomic E-state index is 7.54. The van der Waals surface area contributed by atoms with Crippen LogP contribution in [0.25, 0.3) is 16.6 Å². The molecule has 3 rings (SSSR count). The lowest BCUT2D eigenvalue weighted by Crippen LogP contribution is -2.03. The van der Waals surface area contributed by atoms with Gasteiger partial charge in [-0.2, -0.15) is 0 Å². The number of rotatable bonds is 5. The van der Waals surface area contributed by atoms with Crippen LogP contribution in [0, 0.1) is 25.2 Å². The van der Waals surface area contributed by atoms with Gasteiger partial charge in [-0.1, -0.05) is 6.92 Å². The van der Waals surface area contributed by atoms with Crippen LogP contribution in [-0.4, -0.2) is 15.8 Å². The van der Waals surface area contributed by atoms with Crippen LogP contribution >= 0.6 is 0 Å². The number of benzene rings is 1. The van der Waals surface area contributed by atoms with Crippen molar-refractivity contribution in [2.24, 2.45) is 5.92 Å². The lowest BCUT2D eigenvalue weighted by atomic mass is 9.97. The van der Waals surface area contributed by atoms with Gasteiger partial charge in [-0.15, -0.1) is 0 Å². The molecule has 114 valence electrons. The highest BCUT2D eigenvalue weighted by Gasteiger charge is 2.11. The van der Waals surface area contributed by atoms with Crippen LogP contribution in [-0.2, 0) is 6.42 Å². The van der Waals surface area contributed by atoms with Crippen LogP contribution in [0.1, 0.15) is 30.3 Å². The van der Waals surface area contributed by atoms with E-state index in [1.165, 1.54) is 33.5 Å². The fourth-order valence-corrected chi connectivity index (χ4v) is 3.15. The van der Waals surface area contributed by atoms with E-state index in [1.807, 2.05) is 0 Å². The van der Waals surface area contributed by atoms with Crippen molar-refractivity contribution in [2.75, 3.05) is 0 Å². The fraction of sp³-hybridized carbons (Fsp3) is 0.316. The van der Waals surface area contributed by atoms with Crippen LogP contribution in [0.5, 0.6) is 0 Å². The SMILES string of the molecule is CC[C@@H](C=N)Cc1c[nH]c2ccc(-n3c(C)ccc3C)cc12. The molecule has 3 nitrogen and oxygen atoms in total. The molecule has 2 N–H and O–H groups in total. The number of hydrogen-bond donors (Lipinski definition) is 2. The number of fused-ring (bicyclic) bond motifs is 1. The smallest absolute Gasteiger partial charge is 0.0462 e. The van der Waals surface area contributed by atoms with Gasteiger partial charge < -0.3 is 15.0 Å². The summed E-state index contributed by atoms with van der Waals surface area (Å²) >= 11 is 0. The zero-order valence-corrected chi connectivity index (χ0v) is 13.5. The monoisotopic (exact) mass is 293 g/mol. The van der Waals surface area contributed by atoms with E-state index < -0.39 is 0 Å². The van der Waals surface area contributed by atoms with Gasteiger partial charge in [-0.05, 0) is 74.7 Å². The molecule has 0 radical (unpaired) electrons. The first-order valence-electron chi connectivity index (χ1n) is 7.90. The molecule has 2 aromatic heterocycles. The molecule has 3 heteroatoms. The number of aromatic amines is 1. The fourth-order valence-electron chi connectivity index (χ4n) is 3.15. The minimum absolute atomic E-state index is 0.317. The first-order chi connectivity index (χ1) is 10.6. The molecule has 0 spiro atoms.